The monoisotopic (exact) mass is 250 g/mol. The summed E-state index contributed by atoms with van der Waals surface area (Å²) >= 11 is 0. The maximum Gasteiger partial charge on any atom is 0.374 e. The number of rotatable bonds is 9. The molecule has 0 fully saturated rings. The van der Waals surface area contributed by atoms with E-state index < -0.39 is 11.8 Å². The summed E-state index contributed by atoms with van der Waals surface area (Å²) in [4.78, 5) is 21.8. The van der Waals surface area contributed by atoms with Crippen molar-refractivity contribution in [3.05, 3.63) is 0 Å². The van der Waals surface area contributed by atoms with Crippen LogP contribution in [0.2, 0.25) is 0 Å². The molecule has 0 unspecified atom stereocenters. The van der Waals surface area contributed by atoms with Crippen LogP contribution in [0.1, 0.15) is 58.3 Å². The average molecular weight is 251 g/mol. The third kappa shape index (κ3) is 9.97. The van der Waals surface area contributed by atoms with Crippen LogP contribution in [0.3, 0.4) is 0 Å². The molecular formula is C12H23ClO3. The number of ether oxygens (including phenoxy) is 1. The fourth-order valence-electron chi connectivity index (χ4n) is 1.46. The number of halogens is 1. The van der Waals surface area contributed by atoms with E-state index in [9.17, 15) is 9.59 Å². The molecule has 0 bridgehead atoms. The number of carbonyl (C=O) groups is 2. The number of ketones is 1. The number of Topliss-reactive ketones (excluding diaryl/α,β-unsaturated/α-hetero) is 1. The van der Waals surface area contributed by atoms with Crippen LogP contribution in [-0.4, -0.2) is 18.9 Å². The molecule has 0 aliphatic heterocycles. The van der Waals surface area contributed by atoms with Crippen molar-refractivity contribution in [2.75, 3.05) is 7.11 Å². The Morgan fingerprint density at radius 2 is 1.44 bits per heavy atom. The summed E-state index contributed by atoms with van der Waals surface area (Å²) in [7, 11) is 1.24. The van der Waals surface area contributed by atoms with Gasteiger partial charge in [0.2, 0.25) is 5.78 Å². The first kappa shape index (κ1) is 17.8. The highest BCUT2D eigenvalue weighted by molar-refractivity contribution is 6.33. The van der Waals surface area contributed by atoms with Gasteiger partial charge in [0.15, 0.2) is 0 Å². The largest absolute Gasteiger partial charge is 0.463 e. The normalized spacial score (nSPS) is 9.38. The molecule has 0 heterocycles. The van der Waals surface area contributed by atoms with Gasteiger partial charge in [0.25, 0.3) is 0 Å². The van der Waals surface area contributed by atoms with E-state index in [2.05, 4.69) is 11.7 Å². The fraction of sp³-hybridized carbons (Fsp3) is 0.833. The Hall–Kier alpha value is -0.570. The Balaban J connectivity index is 0. The van der Waals surface area contributed by atoms with E-state index in [-0.39, 0.29) is 12.4 Å². The van der Waals surface area contributed by atoms with Crippen LogP contribution < -0.4 is 0 Å². The Morgan fingerprint density at radius 1 is 0.938 bits per heavy atom. The van der Waals surface area contributed by atoms with Crippen LogP contribution in [0.4, 0.5) is 0 Å². The zero-order chi connectivity index (χ0) is 11.5. The molecule has 4 heteroatoms. The van der Waals surface area contributed by atoms with E-state index in [1.54, 1.807) is 0 Å². The van der Waals surface area contributed by atoms with Gasteiger partial charge in [0.05, 0.1) is 7.11 Å². The van der Waals surface area contributed by atoms with Crippen molar-refractivity contribution in [1.82, 2.24) is 0 Å². The molecule has 0 N–H and O–H groups in total. The minimum absolute atomic E-state index is 0. The van der Waals surface area contributed by atoms with E-state index in [4.69, 9.17) is 0 Å². The topological polar surface area (TPSA) is 43.4 Å². The third-order valence-electron chi connectivity index (χ3n) is 2.42. The van der Waals surface area contributed by atoms with E-state index in [0.29, 0.717) is 6.42 Å². The van der Waals surface area contributed by atoms with Crippen LogP contribution >= 0.6 is 12.4 Å². The van der Waals surface area contributed by atoms with Crippen LogP contribution in [0.5, 0.6) is 0 Å². The molecule has 0 aromatic rings. The fourth-order valence-corrected chi connectivity index (χ4v) is 1.46. The molecule has 0 aromatic carbocycles. The minimum Gasteiger partial charge on any atom is -0.463 e. The molecular weight excluding hydrogens is 228 g/mol. The molecule has 0 amide bonds. The number of methoxy groups -OCH3 is 1. The number of esters is 1. The van der Waals surface area contributed by atoms with Crippen molar-refractivity contribution >= 4 is 24.2 Å². The maximum absolute atomic E-state index is 11.0. The number of carbonyl (C=O) groups excluding carboxylic acids is 2. The predicted octanol–water partition coefficient (Wildman–Crippen LogP) is 3.29. The first-order chi connectivity index (χ1) is 7.22. The smallest absolute Gasteiger partial charge is 0.374 e. The van der Waals surface area contributed by atoms with Gasteiger partial charge < -0.3 is 4.74 Å². The lowest BCUT2D eigenvalue weighted by Gasteiger charge is -2.00. The van der Waals surface area contributed by atoms with Gasteiger partial charge in [-0.25, -0.2) is 4.79 Å². The van der Waals surface area contributed by atoms with E-state index >= 15 is 0 Å². The van der Waals surface area contributed by atoms with Crippen molar-refractivity contribution in [3.8, 4) is 0 Å². The summed E-state index contributed by atoms with van der Waals surface area (Å²) in [6.45, 7) is 2.19. The van der Waals surface area contributed by atoms with Crippen LogP contribution in [0.25, 0.3) is 0 Å². The molecule has 0 saturated carbocycles. The van der Waals surface area contributed by atoms with Gasteiger partial charge in [0, 0.05) is 6.42 Å². The quantitative estimate of drug-likeness (QED) is 0.358. The number of hydrogen-bond acceptors (Lipinski definition) is 3. The van der Waals surface area contributed by atoms with Gasteiger partial charge in [-0.1, -0.05) is 45.4 Å². The minimum atomic E-state index is -0.707. The Labute approximate surface area is 104 Å². The molecule has 0 saturated heterocycles. The third-order valence-corrected chi connectivity index (χ3v) is 2.42. The highest BCUT2D eigenvalue weighted by Gasteiger charge is 2.12. The summed E-state index contributed by atoms with van der Waals surface area (Å²) in [5, 5.41) is 0. The van der Waals surface area contributed by atoms with Gasteiger partial charge >= 0.3 is 5.97 Å². The molecule has 0 aliphatic rings. The summed E-state index contributed by atoms with van der Waals surface area (Å²) in [5.41, 5.74) is 0. The lowest BCUT2D eigenvalue weighted by atomic mass is 10.1. The summed E-state index contributed by atoms with van der Waals surface area (Å²) in [6, 6.07) is 0. The van der Waals surface area contributed by atoms with E-state index in [1.165, 1.54) is 32.8 Å². The second-order valence-corrected chi connectivity index (χ2v) is 3.79. The van der Waals surface area contributed by atoms with Gasteiger partial charge in [-0.05, 0) is 6.42 Å². The predicted molar refractivity (Wildman–Crippen MR) is 66.9 cm³/mol. The first-order valence-electron chi connectivity index (χ1n) is 5.83. The van der Waals surface area contributed by atoms with Gasteiger partial charge in [-0.15, -0.1) is 12.4 Å². The first-order valence-corrected chi connectivity index (χ1v) is 5.83. The van der Waals surface area contributed by atoms with Crippen LogP contribution in [0, 0.1) is 0 Å². The second-order valence-electron chi connectivity index (χ2n) is 3.79. The van der Waals surface area contributed by atoms with Crippen molar-refractivity contribution in [3.63, 3.8) is 0 Å². The Kier molecular flexibility index (Phi) is 13.9. The lowest BCUT2D eigenvalue weighted by Crippen LogP contribution is -2.14. The van der Waals surface area contributed by atoms with E-state index in [0.717, 1.165) is 19.3 Å². The average Bonchev–Trinajstić information content (AvgIpc) is 2.26. The van der Waals surface area contributed by atoms with Gasteiger partial charge in [-0.3, -0.25) is 4.79 Å². The summed E-state index contributed by atoms with van der Waals surface area (Å²) in [6.07, 6.45) is 8.39. The van der Waals surface area contributed by atoms with Crippen LogP contribution in [-0.2, 0) is 14.3 Å². The molecule has 0 rings (SSSR count). The highest BCUT2D eigenvalue weighted by Crippen LogP contribution is 2.08. The Morgan fingerprint density at radius 3 is 1.94 bits per heavy atom. The van der Waals surface area contributed by atoms with E-state index in [1.807, 2.05) is 0 Å². The molecule has 0 aliphatic carbocycles. The zero-order valence-corrected chi connectivity index (χ0v) is 11.1. The van der Waals surface area contributed by atoms with Crippen LogP contribution in [0.15, 0.2) is 0 Å². The summed E-state index contributed by atoms with van der Waals surface area (Å²) < 4.78 is 4.33. The SMILES string of the molecule is CCCCCCCCCC(=O)C(=O)OC.Cl. The van der Waals surface area contributed by atoms with Gasteiger partial charge in [-0.2, -0.15) is 0 Å². The highest BCUT2D eigenvalue weighted by atomic mass is 35.5. The number of hydrogen-bond donors (Lipinski definition) is 0. The second kappa shape index (κ2) is 12.5. The van der Waals surface area contributed by atoms with Crippen molar-refractivity contribution < 1.29 is 14.3 Å². The lowest BCUT2D eigenvalue weighted by molar-refractivity contribution is -0.151. The van der Waals surface area contributed by atoms with Crippen molar-refractivity contribution in [2.45, 2.75) is 58.3 Å². The molecule has 3 nitrogen and oxygen atoms in total. The molecule has 16 heavy (non-hydrogen) atoms. The number of unbranched alkanes of at least 4 members (excludes halogenated alkanes) is 6. The van der Waals surface area contributed by atoms with Gasteiger partial charge in [0.1, 0.15) is 0 Å². The van der Waals surface area contributed by atoms with Crippen molar-refractivity contribution in [2.24, 2.45) is 0 Å². The molecule has 0 atom stereocenters. The molecule has 0 aromatic heterocycles. The summed E-state index contributed by atoms with van der Waals surface area (Å²) in [5.74, 6) is -1.10. The molecule has 96 valence electrons. The molecule has 0 spiro atoms. The Bertz CT molecular complexity index is 193. The molecule has 0 radical (unpaired) electrons. The zero-order valence-electron chi connectivity index (χ0n) is 10.3. The van der Waals surface area contributed by atoms with Crippen molar-refractivity contribution in [1.29, 1.82) is 0 Å². The standard InChI is InChI=1S/C12H22O3.ClH/c1-3-4-5-6-7-8-9-10-11(13)12(14)15-2;/h3-10H2,1-2H3;1H. The maximum atomic E-state index is 11.0.